The van der Waals surface area contributed by atoms with Gasteiger partial charge in [0, 0.05) is 17.5 Å². The van der Waals surface area contributed by atoms with E-state index in [1.807, 2.05) is 58.0 Å². The highest BCUT2D eigenvalue weighted by Crippen LogP contribution is 2.26. The number of amides is 1. The fraction of sp³-hybridized carbons (Fsp3) is 0.320. The Kier molecular flexibility index (Phi) is 5.59. The van der Waals surface area contributed by atoms with Crippen LogP contribution in [0.2, 0.25) is 0 Å². The second-order valence-electron chi connectivity index (χ2n) is 9.26. The van der Waals surface area contributed by atoms with E-state index in [1.165, 1.54) is 18.5 Å². The van der Waals surface area contributed by atoms with Crippen LogP contribution in [0.3, 0.4) is 0 Å². The molecule has 2 aromatic heterocycles. The van der Waals surface area contributed by atoms with Crippen molar-refractivity contribution >= 4 is 27.8 Å². The smallest absolute Gasteiger partial charge is 0.277 e. The van der Waals surface area contributed by atoms with Crippen LogP contribution in [0.1, 0.15) is 39.2 Å². The highest BCUT2D eigenvalue weighted by atomic mass is 19.1. The third-order valence-electron chi connectivity index (χ3n) is 5.44. The molecule has 7 heteroatoms. The van der Waals surface area contributed by atoms with Crippen LogP contribution in [0.25, 0.3) is 21.9 Å². The van der Waals surface area contributed by atoms with Gasteiger partial charge in [0.05, 0.1) is 11.8 Å². The molecule has 0 saturated carbocycles. The minimum Gasteiger partial charge on any atom is -0.350 e. The molecule has 6 nitrogen and oxygen atoms in total. The lowest BCUT2D eigenvalue weighted by atomic mass is 10.0. The standard InChI is InChI=1S/C25H27FN4O2/c1-16(17-8-6-5-7-9-17)13-29-15-27-22-19-12-18(26)10-11-20(19)30(23(22)24(29)32)14-21(31)28-25(2,3)4/h5-12,15-16H,13-14H2,1-4H3,(H,28,31)/t16-/m0/s1. The molecule has 0 unspecified atom stereocenters. The Bertz CT molecular complexity index is 1350. The highest BCUT2D eigenvalue weighted by molar-refractivity contribution is 6.06. The molecule has 1 atom stereocenters. The lowest BCUT2D eigenvalue weighted by Crippen LogP contribution is -2.42. The van der Waals surface area contributed by atoms with E-state index in [4.69, 9.17) is 0 Å². The molecule has 1 N–H and O–H groups in total. The summed E-state index contributed by atoms with van der Waals surface area (Å²) in [7, 11) is 0. The molecule has 0 aliphatic rings. The van der Waals surface area contributed by atoms with E-state index < -0.39 is 11.4 Å². The van der Waals surface area contributed by atoms with Gasteiger partial charge in [0.15, 0.2) is 0 Å². The van der Waals surface area contributed by atoms with Gasteiger partial charge in [-0.3, -0.25) is 14.2 Å². The third kappa shape index (κ3) is 4.28. The first kappa shape index (κ1) is 21.7. The number of benzene rings is 2. The molecule has 2 aromatic carbocycles. The number of hydrogen-bond donors (Lipinski definition) is 1. The van der Waals surface area contributed by atoms with E-state index >= 15 is 0 Å². The van der Waals surface area contributed by atoms with Crippen molar-refractivity contribution in [2.45, 2.75) is 52.2 Å². The Balaban J connectivity index is 1.83. The molecule has 0 aliphatic heterocycles. The first-order valence-corrected chi connectivity index (χ1v) is 10.7. The molecule has 0 fully saturated rings. The Morgan fingerprint density at radius 2 is 1.88 bits per heavy atom. The van der Waals surface area contributed by atoms with Crippen LogP contribution in [-0.2, 0) is 17.9 Å². The molecule has 0 spiro atoms. The second kappa shape index (κ2) is 8.22. The first-order valence-electron chi connectivity index (χ1n) is 10.7. The summed E-state index contributed by atoms with van der Waals surface area (Å²) in [6, 6.07) is 14.2. The molecule has 0 saturated heterocycles. The minimum atomic E-state index is -0.417. The molecule has 0 radical (unpaired) electrons. The van der Waals surface area contributed by atoms with E-state index in [-0.39, 0.29) is 23.9 Å². The van der Waals surface area contributed by atoms with Crippen LogP contribution in [0.4, 0.5) is 4.39 Å². The molecular weight excluding hydrogens is 407 g/mol. The second-order valence-corrected chi connectivity index (χ2v) is 9.26. The zero-order valence-electron chi connectivity index (χ0n) is 18.7. The Morgan fingerprint density at radius 3 is 2.56 bits per heavy atom. The van der Waals surface area contributed by atoms with Crippen LogP contribution < -0.4 is 10.9 Å². The molecule has 2 heterocycles. The van der Waals surface area contributed by atoms with E-state index in [0.717, 1.165) is 5.56 Å². The average Bonchev–Trinajstić information content (AvgIpc) is 3.02. The molecule has 166 valence electrons. The van der Waals surface area contributed by atoms with Crippen LogP contribution in [0.5, 0.6) is 0 Å². The number of carbonyl (C=O) groups is 1. The van der Waals surface area contributed by atoms with Crippen molar-refractivity contribution in [3.63, 3.8) is 0 Å². The topological polar surface area (TPSA) is 68.9 Å². The number of nitrogens with zero attached hydrogens (tertiary/aromatic N) is 3. The van der Waals surface area contributed by atoms with Gasteiger partial charge in [0.1, 0.15) is 23.4 Å². The minimum absolute atomic E-state index is 0.0575. The summed E-state index contributed by atoms with van der Waals surface area (Å²) < 4.78 is 17.2. The maximum Gasteiger partial charge on any atom is 0.277 e. The maximum atomic E-state index is 14.0. The van der Waals surface area contributed by atoms with Crippen molar-refractivity contribution in [1.29, 1.82) is 0 Å². The normalized spacial score (nSPS) is 12.9. The van der Waals surface area contributed by atoms with Crippen LogP contribution in [0.15, 0.2) is 59.7 Å². The van der Waals surface area contributed by atoms with Crippen molar-refractivity contribution in [1.82, 2.24) is 19.4 Å². The number of aromatic nitrogens is 3. The largest absolute Gasteiger partial charge is 0.350 e. The van der Waals surface area contributed by atoms with Gasteiger partial charge in [0.25, 0.3) is 5.56 Å². The lowest BCUT2D eigenvalue weighted by Gasteiger charge is -2.21. The third-order valence-corrected chi connectivity index (χ3v) is 5.44. The fourth-order valence-electron chi connectivity index (χ4n) is 4.05. The molecule has 32 heavy (non-hydrogen) atoms. The number of carbonyl (C=O) groups excluding carboxylic acids is 1. The van der Waals surface area contributed by atoms with E-state index in [0.29, 0.717) is 28.5 Å². The summed E-state index contributed by atoms with van der Waals surface area (Å²) in [6.45, 7) is 8.12. The SMILES string of the molecule is C[C@@H](Cn1cnc2c3cc(F)ccc3n(CC(=O)NC(C)(C)C)c2c1=O)c1ccccc1. The molecule has 1 amide bonds. The van der Waals surface area contributed by atoms with E-state index in [2.05, 4.69) is 10.3 Å². The molecule has 4 aromatic rings. The molecule has 0 aliphatic carbocycles. The van der Waals surface area contributed by atoms with Crippen LogP contribution in [-0.4, -0.2) is 25.6 Å². The van der Waals surface area contributed by atoms with Gasteiger partial charge in [-0.2, -0.15) is 0 Å². The molecular formula is C25H27FN4O2. The first-order chi connectivity index (χ1) is 15.1. The van der Waals surface area contributed by atoms with Crippen molar-refractivity contribution < 1.29 is 9.18 Å². The van der Waals surface area contributed by atoms with E-state index in [9.17, 15) is 14.0 Å². The maximum absolute atomic E-state index is 14.0. The molecule has 4 rings (SSSR count). The summed E-state index contributed by atoms with van der Waals surface area (Å²) in [4.78, 5) is 30.7. The number of hydrogen-bond acceptors (Lipinski definition) is 3. The number of halogens is 1. The highest BCUT2D eigenvalue weighted by Gasteiger charge is 2.21. The Morgan fingerprint density at radius 1 is 1.16 bits per heavy atom. The number of fused-ring (bicyclic) bond motifs is 3. The fourth-order valence-corrected chi connectivity index (χ4v) is 4.05. The lowest BCUT2D eigenvalue weighted by molar-refractivity contribution is -0.122. The summed E-state index contributed by atoms with van der Waals surface area (Å²) in [5.74, 6) is -0.555. The monoisotopic (exact) mass is 434 g/mol. The Hall–Kier alpha value is -3.48. The van der Waals surface area contributed by atoms with E-state index in [1.54, 1.807) is 15.2 Å². The Labute approximate surface area is 185 Å². The van der Waals surface area contributed by atoms with Crippen molar-refractivity contribution in [3.8, 4) is 0 Å². The van der Waals surface area contributed by atoms with Crippen molar-refractivity contribution in [2.75, 3.05) is 0 Å². The van der Waals surface area contributed by atoms with Gasteiger partial charge in [-0.1, -0.05) is 37.3 Å². The van der Waals surface area contributed by atoms with Crippen LogP contribution >= 0.6 is 0 Å². The van der Waals surface area contributed by atoms with Gasteiger partial charge < -0.3 is 9.88 Å². The number of rotatable bonds is 5. The summed E-state index contributed by atoms with van der Waals surface area (Å²) in [5, 5.41) is 3.44. The zero-order valence-corrected chi connectivity index (χ0v) is 18.7. The molecule has 0 bridgehead atoms. The van der Waals surface area contributed by atoms with Gasteiger partial charge in [0.2, 0.25) is 5.91 Å². The summed E-state index contributed by atoms with van der Waals surface area (Å²) >= 11 is 0. The zero-order chi connectivity index (χ0) is 23.0. The van der Waals surface area contributed by atoms with Gasteiger partial charge in [-0.05, 0) is 50.5 Å². The van der Waals surface area contributed by atoms with Gasteiger partial charge in [-0.25, -0.2) is 9.37 Å². The van der Waals surface area contributed by atoms with Gasteiger partial charge in [-0.15, -0.1) is 0 Å². The predicted octanol–water partition coefficient (Wildman–Crippen LogP) is 4.21. The van der Waals surface area contributed by atoms with Gasteiger partial charge >= 0.3 is 0 Å². The average molecular weight is 435 g/mol. The quantitative estimate of drug-likeness (QED) is 0.512. The summed E-state index contributed by atoms with van der Waals surface area (Å²) in [5.41, 5.74) is 1.76. The number of nitrogens with one attached hydrogen (secondary N) is 1. The summed E-state index contributed by atoms with van der Waals surface area (Å²) in [6.07, 6.45) is 1.51. The van der Waals surface area contributed by atoms with Crippen LogP contribution in [0, 0.1) is 5.82 Å². The predicted molar refractivity (Wildman–Crippen MR) is 124 cm³/mol. The van der Waals surface area contributed by atoms with Crippen molar-refractivity contribution in [3.05, 3.63) is 76.6 Å². The van der Waals surface area contributed by atoms with Crippen molar-refractivity contribution in [2.24, 2.45) is 0 Å².